The third-order valence-corrected chi connectivity index (χ3v) is 4.26. The van der Waals surface area contributed by atoms with Gasteiger partial charge in [-0.1, -0.05) is 12.1 Å². The molecule has 0 aliphatic carbocycles. The highest BCUT2D eigenvalue weighted by Crippen LogP contribution is 2.12. The third-order valence-electron chi connectivity index (χ3n) is 4.26. The quantitative estimate of drug-likeness (QED) is 0.329. The van der Waals surface area contributed by atoms with Gasteiger partial charge < -0.3 is 29.6 Å². The van der Waals surface area contributed by atoms with Gasteiger partial charge in [-0.3, -0.25) is 4.99 Å². The third kappa shape index (κ3) is 9.08. The van der Waals surface area contributed by atoms with Crippen LogP contribution >= 0.6 is 0 Å². The fourth-order valence-corrected chi connectivity index (χ4v) is 2.69. The number of benzene rings is 1. The molecule has 1 aromatic carbocycles. The van der Waals surface area contributed by atoms with Gasteiger partial charge in [0, 0.05) is 40.0 Å². The molecule has 2 rings (SSSR count). The van der Waals surface area contributed by atoms with Gasteiger partial charge in [0.2, 0.25) is 0 Å². The van der Waals surface area contributed by atoms with Crippen molar-refractivity contribution >= 4 is 5.96 Å². The molecule has 1 atom stereocenters. The highest BCUT2D eigenvalue weighted by Gasteiger charge is 2.15. The smallest absolute Gasteiger partial charge is 0.190 e. The molecule has 0 aromatic heterocycles. The fraction of sp³-hybridized carbons (Fsp3) is 0.650. The number of hydrogen-bond donors (Lipinski definition) is 2. The first kappa shape index (κ1) is 21.5. The van der Waals surface area contributed by atoms with E-state index in [9.17, 15) is 0 Å². The van der Waals surface area contributed by atoms with E-state index in [0.717, 1.165) is 69.4 Å². The van der Waals surface area contributed by atoms with Crippen LogP contribution in [0.1, 0.15) is 24.8 Å². The lowest BCUT2D eigenvalue weighted by Gasteiger charge is -2.13. The van der Waals surface area contributed by atoms with Crippen LogP contribution in [-0.4, -0.2) is 65.7 Å². The van der Waals surface area contributed by atoms with Gasteiger partial charge in [0.15, 0.2) is 5.96 Å². The summed E-state index contributed by atoms with van der Waals surface area (Å²) in [4.78, 5) is 4.23. The van der Waals surface area contributed by atoms with Crippen molar-refractivity contribution in [2.24, 2.45) is 4.99 Å². The molecule has 1 aliphatic heterocycles. The molecule has 7 nitrogen and oxygen atoms in total. The van der Waals surface area contributed by atoms with Crippen molar-refractivity contribution in [3.8, 4) is 5.75 Å². The molecule has 1 heterocycles. The summed E-state index contributed by atoms with van der Waals surface area (Å²) >= 11 is 0. The summed E-state index contributed by atoms with van der Waals surface area (Å²) in [5, 5.41) is 6.59. The molecule has 1 aromatic rings. The van der Waals surface area contributed by atoms with E-state index in [-0.39, 0.29) is 6.10 Å². The molecule has 2 N–H and O–H groups in total. The van der Waals surface area contributed by atoms with E-state index in [1.165, 1.54) is 0 Å². The van der Waals surface area contributed by atoms with Crippen LogP contribution in [0.4, 0.5) is 0 Å². The lowest BCUT2D eigenvalue weighted by molar-refractivity contribution is 0.0420. The number of nitrogens with one attached hydrogen (secondary N) is 2. The number of rotatable bonds is 12. The maximum Gasteiger partial charge on any atom is 0.190 e. The normalized spacial score (nSPS) is 17.1. The Balaban J connectivity index is 1.44. The van der Waals surface area contributed by atoms with E-state index in [1.807, 2.05) is 24.3 Å². The zero-order valence-electron chi connectivity index (χ0n) is 16.5. The van der Waals surface area contributed by atoms with Gasteiger partial charge in [-0.15, -0.1) is 0 Å². The van der Waals surface area contributed by atoms with E-state index >= 15 is 0 Å². The minimum atomic E-state index is 0.278. The zero-order valence-corrected chi connectivity index (χ0v) is 16.5. The van der Waals surface area contributed by atoms with Gasteiger partial charge in [-0.2, -0.15) is 0 Å². The van der Waals surface area contributed by atoms with Crippen molar-refractivity contribution in [3.63, 3.8) is 0 Å². The molecule has 0 bridgehead atoms. The number of aliphatic imine (C=N–C) groups is 1. The van der Waals surface area contributed by atoms with Crippen molar-refractivity contribution in [3.05, 3.63) is 29.8 Å². The Morgan fingerprint density at radius 1 is 1.15 bits per heavy atom. The predicted molar refractivity (Wildman–Crippen MR) is 106 cm³/mol. The second kappa shape index (κ2) is 13.4. The van der Waals surface area contributed by atoms with Gasteiger partial charge in [-0.05, 0) is 37.0 Å². The molecular weight excluding hydrogens is 346 g/mol. The summed E-state index contributed by atoms with van der Waals surface area (Å²) in [7, 11) is 3.45. The topological polar surface area (TPSA) is 73.3 Å². The van der Waals surface area contributed by atoms with Gasteiger partial charge in [0.1, 0.15) is 5.75 Å². The maximum absolute atomic E-state index is 5.74. The fourth-order valence-electron chi connectivity index (χ4n) is 2.69. The highest BCUT2D eigenvalue weighted by atomic mass is 16.5. The van der Waals surface area contributed by atoms with Crippen LogP contribution in [0, 0.1) is 0 Å². The first-order chi connectivity index (χ1) is 13.3. The average Bonchev–Trinajstić information content (AvgIpc) is 3.22. The molecule has 152 valence electrons. The Bertz CT molecular complexity index is 531. The molecule has 0 radical (unpaired) electrons. The van der Waals surface area contributed by atoms with E-state index in [4.69, 9.17) is 18.9 Å². The lowest BCUT2D eigenvalue weighted by Crippen LogP contribution is -2.38. The van der Waals surface area contributed by atoms with Gasteiger partial charge in [0.05, 0.1) is 26.4 Å². The molecule has 0 spiro atoms. The molecule has 1 aliphatic rings. The summed E-state index contributed by atoms with van der Waals surface area (Å²) < 4.78 is 21.9. The monoisotopic (exact) mass is 379 g/mol. The van der Waals surface area contributed by atoms with Crippen molar-refractivity contribution in [1.82, 2.24) is 10.6 Å². The Morgan fingerprint density at radius 2 is 1.89 bits per heavy atom. The predicted octanol–water partition coefficient (Wildman–Crippen LogP) is 1.96. The zero-order chi connectivity index (χ0) is 19.2. The van der Waals surface area contributed by atoms with Crippen molar-refractivity contribution in [2.75, 3.05) is 53.7 Å². The highest BCUT2D eigenvalue weighted by molar-refractivity contribution is 5.79. The van der Waals surface area contributed by atoms with Crippen LogP contribution < -0.4 is 15.4 Å². The standard InChI is InChI=1S/C20H33N3O4/c1-21-20(23-11-4-13-27-19-9-14-26-16-19)22-10-3-12-25-15-17-5-7-18(24-2)8-6-17/h5-8,19H,3-4,9-16H2,1-2H3,(H2,21,22,23). The second-order valence-electron chi connectivity index (χ2n) is 6.39. The molecule has 0 saturated carbocycles. The largest absolute Gasteiger partial charge is 0.497 e. The van der Waals surface area contributed by atoms with E-state index < -0.39 is 0 Å². The Hall–Kier alpha value is -1.83. The van der Waals surface area contributed by atoms with Crippen LogP contribution in [0.3, 0.4) is 0 Å². The molecule has 27 heavy (non-hydrogen) atoms. The van der Waals surface area contributed by atoms with Gasteiger partial charge in [-0.25, -0.2) is 0 Å². The summed E-state index contributed by atoms with van der Waals surface area (Å²) in [6.07, 6.45) is 3.15. The second-order valence-corrected chi connectivity index (χ2v) is 6.39. The van der Waals surface area contributed by atoms with E-state index in [1.54, 1.807) is 14.2 Å². The summed E-state index contributed by atoms with van der Waals surface area (Å²) in [6.45, 7) is 5.27. The number of hydrogen-bond acceptors (Lipinski definition) is 5. The number of nitrogens with zero attached hydrogens (tertiary/aromatic N) is 1. The minimum Gasteiger partial charge on any atom is -0.497 e. The van der Waals surface area contributed by atoms with Crippen molar-refractivity contribution in [1.29, 1.82) is 0 Å². The molecule has 1 fully saturated rings. The Morgan fingerprint density at radius 3 is 2.52 bits per heavy atom. The molecular formula is C20H33N3O4. The van der Waals surface area contributed by atoms with Crippen LogP contribution in [0.5, 0.6) is 5.75 Å². The number of ether oxygens (including phenoxy) is 4. The van der Waals surface area contributed by atoms with Crippen LogP contribution in [-0.2, 0) is 20.8 Å². The lowest BCUT2D eigenvalue weighted by atomic mass is 10.2. The number of guanidine groups is 1. The minimum absolute atomic E-state index is 0.278. The first-order valence-electron chi connectivity index (χ1n) is 9.66. The Kier molecular flexibility index (Phi) is 10.6. The SMILES string of the molecule is CN=C(NCCCOCc1ccc(OC)cc1)NCCCOC1CCOC1. The number of methoxy groups -OCH3 is 1. The summed E-state index contributed by atoms with van der Waals surface area (Å²) in [5.41, 5.74) is 1.15. The molecule has 7 heteroatoms. The van der Waals surface area contributed by atoms with E-state index in [2.05, 4.69) is 15.6 Å². The van der Waals surface area contributed by atoms with Gasteiger partial charge >= 0.3 is 0 Å². The van der Waals surface area contributed by atoms with Crippen LogP contribution in [0.15, 0.2) is 29.3 Å². The molecule has 1 saturated heterocycles. The van der Waals surface area contributed by atoms with E-state index in [0.29, 0.717) is 13.2 Å². The molecule has 1 unspecified atom stereocenters. The first-order valence-corrected chi connectivity index (χ1v) is 9.66. The van der Waals surface area contributed by atoms with Gasteiger partial charge in [0.25, 0.3) is 0 Å². The maximum atomic E-state index is 5.74. The van der Waals surface area contributed by atoms with Crippen LogP contribution in [0.2, 0.25) is 0 Å². The summed E-state index contributed by atoms with van der Waals surface area (Å²) in [6, 6.07) is 7.93. The van der Waals surface area contributed by atoms with Crippen molar-refractivity contribution < 1.29 is 18.9 Å². The van der Waals surface area contributed by atoms with Crippen molar-refractivity contribution in [2.45, 2.75) is 32.0 Å². The summed E-state index contributed by atoms with van der Waals surface area (Å²) in [5.74, 6) is 1.68. The molecule has 0 amide bonds. The Labute approximate surface area is 162 Å². The van der Waals surface area contributed by atoms with Crippen LogP contribution in [0.25, 0.3) is 0 Å². The average molecular weight is 380 g/mol.